The van der Waals surface area contributed by atoms with Crippen LogP contribution in [0.1, 0.15) is 34.3 Å². The summed E-state index contributed by atoms with van der Waals surface area (Å²) in [6.07, 6.45) is 2.31. The Hall–Kier alpha value is -3.11. The summed E-state index contributed by atoms with van der Waals surface area (Å²) in [4.78, 5) is 29.0. The zero-order chi connectivity index (χ0) is 26.2. The molecular formula is C22H21F2IN6O4S. The van der Waals surface area contributed by atoms with Gasteiger partial charge in [0, 0.05) is 34.8 Å². The number of nitrogens with two attached hydrogens (primary N) is 1. The van der Waals surface area contributed by atoms with E-state index in [2.05, 4.69) is 19.7 Å². The van der Waals surface area contributed by atoms with E-state index >= 15 is 4.39 Å². The molecule has 1 aromatic carbocycles. The number of aromatic nitrogens is 2. The number of carbonyl (C=O) groups excluding carboxylic acids is 1. The highest BCUT2D eigenvalue weighted by atomic mass is 127. The van der Waals surface area contributed by atoms with Gasteiger partial charge in [0.25, 0.3) is 11.5 Å². The number of pyridine rings is 2. The molecule has 1 saturated carbocycles. The van der Waals surface area contributed by atoms with Gasteiger partial charge in [0.05, 0.1) is 11.3 Å². The number of benzene rings is 1. The number of anilines is 3. The number of hydrogen-bond acceptors (Lipinski definition) is 6. The second-order valence-corrected chi connectivity index (χ2v) is 10.9. The molecule has 2 heterocycles. The number of rotatable bonds is 9. The summed E-state index contributed by atoms with van der Waals surface area (Å²) in [6, 6.07) is 6.67. The number of carbonyl (C=O) groups is 1. The Morgan fingerprint density at radius 1 is 1.22 bits per heavy atom. The van der Waals surface area contributed by atoms with Crippen LogP contribution in [-0.4, -0.2) is 29.9 Å². The molecule has 0 aliphatic heterocycles. The van der Waals surface area contributed by atoms with Crippen molar-refractivity contribution in [1.82, 2.24) is 14.3 Å². The van der Waals surface area contributed by atoms with Gasteiger partial charge in [-0.2, -0.15) is 13.1 Å². The van der Waals surface area contributed by atoms with Crippen molar-refractivity contribution in [3.05, 3.63) is 78.8 Å². The minimum Gasteiger partial charge on any atom is -0.365 e. The Bertz CT molecular complexity index is 1530. The van der Waals surface area contributed by atoms with Gasteiger partial charge in [0.1, 0.15) is 11.6 Å². The predicted octanol–water partition coefficient (Wildman–Crippen LogP) is 2.51. The first kappa shape index (κ1) is 26.0. The Kier molecular flexibility index (Phi) is 7.28. The van der Waals surface area contributed by atoms with Gasteiger partial charge in [0.15, 0.2) is 11.6 Å². The van der Waals surface area contributed by atoms with Gasteiger partial charge in [-0.1, -0.05) is 0 Å². The molecule has 1 amide bonds. The number of halogens is 3. The number of nitrogens with zero attached hydrogens (tertiary/aromatic N) is 2. The van der Waals surface area contributed by atoms with Crippen molar-refractivity contribution in [2.75, 3.05) is 10.0 Å². The molecule has 5 N–H and O–H groups in total. The topological polar surface area (TPSA) is 148 Å². The molecular weight excluding hydrogens is 609 g/mol. The van der Waals surface area contributed by atoms with E-state index in [1.54, 1.807) is 6.07 Å². The number of hydrogen-bond donors (Lipinski definition) is 4. The Morgan fingerprint density at radius 3 is 2.58 bits per heavy atom. The maximum Gasteiger partial charge on any atom is 0.300 e. The van der Waals surface area contributed by atoms with Gasteiger partial charge in [-0.15, -0.1) is 0 Å². The molecule has 0 radical (unpaired) electrons. The van der Waals surface area contributed by atoms with Gasteiger partial charge in [-0.3, -0.25) is 18.9 Å². The van der Waals surface area contributed by atoms with Gasteiger partial charge < -0.3 is 11.1 Å². The van der Waals surface area contributed by atoms with E-state index < -0.39 is 39.1 Å². The van der Waals surface area contributed by atoms with Gasteiger partial charge in [0.2, 0.25) is 0 Å². The number of amides is 1. The highest BCUT2D eigenvalue weighted by Crippen LogP contribution is 2.26. The molecule has 1 aliphatic rings. The molecule has 3 aromatic rings. The molecule has 190 valence electrons. The fourth-order valence-electron chi connectivity index (χ4n) is 3.46. The van der Waals surface area contributed by atoms with Crippen LogP contribution < -0.4 is 26.1 Å². The zero-order valence-corrected chi connectivity index (χ0v) is 21.8. The maximum absolute atomic E-state index is 15.1. The molecule has 10 nitrogen and oxygen atoms in total. The van der Waals surface area contributed by atoms with E-state index in [0.29, 0.717) is 16.4 Å². The monoisotopic (exact) mass is 630 g/mol. The first-order valence-corrected chi connectivity index (χ1v) is 13.2. The summed E-state index contributed by atoms with van der Waals surface area (Å²) in [5.74, 6) is -3.02. The van der Waals surface area contributed by atoms with E-state index in [1.807, 2.05) is 22.6 Å². The lowest BCUT2D eigenvalue weighted by Crippen LogP contribution is -2.32. The van der Waals surface area contributed by atoms with Crippen LogP contribution in [0.25, 0.3) is 0 Å². The molecule has 14 heteroatoms. The average Bonchev–Trinajstić information content (AvgIpc) is 3.60. The third-order valence-corrected chi connectivity index (χ3v) is 7.20. The predicted molar refractivity (Wildman–Crippen MR) is 138 cm³/mol. The number of nitrogens with one attached hydrogen (secondary N) is 3. The molecule has 1 fully saturated rings. The van der Waals surface area contributed by atoms with Crippen molar-refractivity contribution in [2.24, 2.45) is 12.8 Å². The lowest BCUT2D eigenvalue weighted by molar-refractivity contribution is 0.100. The van der Waals surface area contributed by atoms with Crippen LogP contribution in [0.2, 0.25) is 0 Å². The molecule has 0 bridgehead atoms. The van der Waals surface area contributed by atoms with Crippen molar-refractivity contribution in [3.63, 3.8) is 0 Å². The van der Waals surface area contributed by atoms with Crippen LogP contribution in [0.4, 0.5) is 26.1 Å². The van der Waals surface area contributed by atoms with Gasteiger partial charge in [-0.05, 0) is 71.3 Å². The molecule has 36 heavy (non-hydrogen) atoms. The molecule has 0 saturated heterocycles. The minimum atomic E-state index is -4.03. The zero-order valence-electron chi connectivity index (χ0n) is 18.8. The summed E-state index contributed by atoms with van der Waals surface area (Å²) in [5.41, 5.74) is 4.81. The molecule has 1 aliphatic carbocycles. The van der Waals surface area contributed by atoms with E-state index in [-0.39, 0.29) is 40.7 Å². The molecule has 2 aromatic heterocycles. The first-order chi connectivity index (χ1) is 16.9. The van der Waals surface area contributed by atoms with E-state index in [0.717, 1.165) is 4.57 Å². The minimum absolute atomic E-state index is 0.00921. The smallest absolute Gasteiger partial charge is 0.300 e. The summed E-state index contributed by atoms with van der Waals surface area (Å²) in [6.45, 7) is 0. The van der Waals surface area contributed by atoms with E-state index in [1.165, 1.54) is 37.5 Å². The first-order valence-electron chi connectivity index (χ1n) is 10.6. The average molecular weight is 630 g/mol. The Morgan fingerprint density at radius 2 is 1.94 bits per heavy atom. The third-order valence-electron chi connectivity index (χ3n) is 5.42. The van der Waals surface area contributed by atoms with Crippen molar-refractivity contribution >= 4 is 56.0 Å². The lowest BCUT2D eigenvalue weighted by Gasteiger charge is -2.17. The molecule has 0 unspecified atom stereocenters. The van der Waals surface area contributed by atoms with Crippen LogP contribution >= 0.6 is 22.6 Å². The molecule has 4 rings (SSSR count). The summed E-state index contributed by atoms with van der Waals surface area (Å²) >= 11 is 1.94. The summed E-state index contributed by atoms with van der Waals surface area (Å²) < 4.78 is 59.9. The van der Waals surface area contributed by atoms with Crippen LogP contribution in [0, 0.1) is 15.2 Å². The summed E-state index contributed by atoms with van der Waals surface area (Å²) in [7, 11) is -2.67. The second kappa shape index (κ2) is 10.1. The van der Waals surface area contributed by atoms with E-state index in [9.17, 15) is 22.4 Å². The maximum atomic E-state index is 15.1. The SMILES string of the molecule is Cn1c(Nc2ccc(I)cc2F)c(C(N)=O)cc(Cc2ccnc(NS(=O)(=O)NC3CC3)c2F)c1=O. The van der Waals surface area contributed by atoms with Crippen LogP contribution in [-0.2, 0) is 23.7 Å². The quantitative estimate of drug-likeness (QED) is 0.267. The second-order valence-electron chi connectivity index (χ2n) is 8.22. The highest BCUT2D eigenvalue weighted by molar-refractivity contribution is 14.1. The van der Waals surface area contributed by atoms with Crippen molar-refractivity contribution in [2.45, 2.75) is 25.3 Å². The van der Waals surface area contributed by atoms with Crippen molar-refractivity contribution in [1.29, 1.82) is 0 Å². The fraction of sp³-hybridized carbons (Fsp3) is 0.227. The normalized spacial score (nSPS) is 13.4. The van der Waals surface area contributed by atoms with Crippen LogP contribution in [0.3, 0.4) is 0 Å². The van der Waals surface area contributed by atoms with Crippen LogP contribution in [0.5, 0.6) is 0 Å². The third kappa shape index (κ3) is 5.82. The number of primary amides is 1. The highest BCUT2D eigenvalue weighted by Gasteiger charge is 2.28. The lowest BCUT2D eigenvalue weighted by atomic mass is 10.0. The largest absolute Gasteiger partial charge is 0.365 e. The Labute approximate surface area is 218 Å². The van der Waals surface area contributed by atoms with Crippen LogP contribution in [0.15, 0.2) is 41.3 Å². The standard InChI is InChI=1S/C22H21F2IN6O4S/c1-31-21(28-17-5-2-13(25)10-16(17)23)15(19(26)32)9-12(22(31)33)8-11-6-7-27-20(18(11)24)30-36(34,35)29-14-3-4-14/h2,5-7,9-10,14,28-29H,3-4,8H2,1H3,(H2,26,32)(H,27,30). The van der Waals surface area contributed by atoms with Crippen molar-refractivity contribution in [3.8, 4) is 0 Å². The fourth-order valence-corrected chi connectivity index (χ4v) is 5.04. The Balaban J connectivity index is 1.68. The summed E-state index contributed by atoms with van der Waals surface area (Å²) in [5, 5.41) is 2.73. The van der Waals surface area contributed by atoms with Gasteiger partial charge in [-0.25, -0.2) is 13.8 Å². The van der Waals surface area contributed by atoms with Crippen molar-refractivity contribution < 1.29 is 22.0 Å². The molecule has 0 atom stereocenters. The van der Waals surface area contributed by atoms with Gasteiger partial charge >= 0.3 is 10.2 Å². The molecule has 0 spiro atoms. The van der Waals surface area contributed by atoms with E-state index in [4.69, 9.17) is 5.73 Å².